The monoisotopic (exact) mass is 206 g/mol. The van der Waals surface area contributed by atoms with E-state index in [1.54, 1.807) is 0 Å². The molecule has 0 aromatic heterocycles. The average Bonchev–Trinajstić information content (AvgIpc) is 2.28. The highest BCUT2D eigenvalue weighted by molar-refractivity contribution is 5.67. The molecular formula is C13H18O2. The van der Waals surface area contributed by atoms with Gasteiger partial charge in [-0.2, -0.15) is 0 Å². The van der Waals surface area contributed by atoms with Crippen molar-refractivity contribution in [3.05, 3.63) is 42.5 Å². The molecule has 0 aliphatic carbocycles. The highest BCUT2D eigenvalue weighted by atomic mass is 16.3. The van der Waals surface area contributed by atoms with Crippen LogP contribution in [0.4, 0.5) is 0 Å². The van der Waals surface area contributed by atoms with Crippen LogP contribution in [-0.2, 0) is 0 Å². The van der Waals surface area contributed by atoms with Crippen molar-refractivity contribution in [1.82, 2.24) is 0 Å². The van der Waals surface area contributed by atoms with Crippen molar-refractivity contribution in [2.45, 2.75) is 20.0 Å². The fourth-order valence-electron chi connectivity index (χ4n) is 1.37. The van der Waals surface area contributed by atoms with Crippen molar-refractivity contribution in [3.63, 3.8) is 0 Å². The summed E-state index contributed by atoms with van der Waals surface area (Å²) < 4.78 is 0. The Kier molecular flexibility index (Phi) is 3.66. The fraction of sp³-hybridized carbons (Fsp3) is 0.385. The molecule has 2 N–H and O–H groups in total. The third kappa shape index (κ3) is 2.67. The minimum atomic E-state index is -0.732. The molecule has 0 saturated carbocycles. The molecular weight excluding hydrogens is 188 g/mol. The maximum atomic E-state index is 10.0. The molecule has 1 aromatic carbocycles. The Balaban J connectivity index is 2.87. The van der Waals surface area contributed by atoms with Crippen LogP contribution in [0.2, 0.25) is 0 Å². The van der Waals surface area contributed by atoms with E-state index in [1.165, 1.54) is 0 Å². The summed E-state index contributed by atoms with van der Waals surface area (Å²) in [5, 5.41) is 19.2. The smallest absolute Gasteiger partial charge is 0.0862 e. The molecule has 15 heavy (non-hydrogen) atoms. The number of rotatable bonds is 4. The average molecular weight is 206 g/mol. The molecule has 1 atom stereocenters. The van der Waals surface area contributed by atoms with Gasteiger partial charge in [-0.25, -0.2) is 0 Å². The van der Waals surface area contributed by atoms with Crippen LogP contribution in [0.3, 0.4) is 0 Å². The van der Waals surface area contributed by atoms with Gasteiger partial charge in [0.15, 0.2) is 0 Å². The molecule has 2 nitrogen and oxygen atoms in total. The maximum Gasteiger partial charge on any atom is 0.0862 e. The van der Waals surface area contributed by atoms with E-state index in [9.17, 15) is 5.11 Å². The molecule has 0 aliphatic heterocycles. The molecule has 1 unspecified atom stereocenters. The van der Waals surface area contributed by atoms with Gasteiger partial charge in [-0.1, -0.05) is 50.8 Å². The van der Waals surface area contributed by atoms with E-state index in [1.807, 2.05) is 44.2 Å². The maximum absolute atomic E-state index is 10.0. The van der Waals surface area contributed by atoms with E-state index in [-0.39, 0.29) is 6.61 Å². The predicted octanol–water partition coefficient (Wildman–Crippen LogP) is 2.08. The molecule has 1 rings (SSSR count). The van der Waals surface area contributed by atoms with Crippen LogP contribution in [0.1, 0.15) is 19.4 Å². The summed E-state index contributed by atoms with van der Waals surface area (Å²) in [5.74, 6) is 0. The number of aliphatic hydroxyl groups excluding tert-OH is 2. The first-order valence-electron chi connectivity index (χ1n) is 5.02. The molecule has 0 radical (unpaired) electrons. The first-order chi connectivity index (χ1) is 6.99. The van der Waals surface area contributed by atoms with Crippen molar-refractivity contribution in [2.24, 2.45) is 5.41 Å². The summed E-state index contributed by atoms with van der Waals surface area (Å²) in [6.07, 6.45) is -0.732. The van der Waals surface area contributed by atoms with E-state index in [2.05, 4.69) is 6.58 Å². The second-order valence-electron chi connectivity index (χ2n) is 4.44. The molecule has 0 spiro atoms. The fourth-order valence-corrected chi connectivity index (χ4v) is 1.37. The Morgan fingerprint density at radius 2 is 1.87 bits per heavy atom. The lowest BCUT2D eigenvalue weighted by molar-refractivity contribution is 0.0445. The van der Waals surface area contributed by atoms with E-state index in [4.69, 9.17) is 5.11 Å². The Morgan fingerprint density at radius 3 is 2.33 bits per heavy atom. The normalized spacial score (nSPS) is 13.6. The Labute approximate surface area is 90.9 Å². The highest BCUT2D eigenvalue weighted by Crippen LogP contribution is 2.29. The van der Waals surface area contributed by atoms with Gasteiger partial charge in [0.2, 0.25) is 0 Å². The Bertz CT molecular complexity index is 328. The molecule has 0 heterocycles. The predicted molar refractivity (Wildman–Crippen MR) is 62.3 cm³/mol. The van der Waals surface area contributed by atoms with Gasteiger partial charge in [0, 0.05) is 5.41 Å². The van der Waals surface area contributed by atoms with Crippen molar-refractivity contribution in [2.75, 3.05) is 6.61 Å². The summed E-state index contributed by atoms with van der Waals surface area (Å²) in [6.45, 7) is 7.43. The molecule has 82 valence electrons. The van der Waals surface area contributed by atoms with Gasteiger partial charge in [-0.05, 0) is 11.1 Å². The zero-order valence-corrected chi connectivity index (χ0v) is 9.27. The van der Waals surface area contributed by atoms with E-state index in [0.717, 1.165) is 5.56 Å². The zero-order valence-electron chi connectivity index (χ0n) is 9.27. The van der Waals surface area contributed by atoms with Crippen molar-refractivity contribution < 1.29 is 10.2 Å². The molecule has 0 aliphatic rings. The van der Waals surface area contributed by atoms with Crippen LogP contribution in [0, 0.1) is 5.41 Å². The first-order valence-corrected chi connectivity index (χ1v) is 5.02. The third-order valence-electron chi connectivity index (χ3n) is 2.62. The van der Waals surface area contributed by atoms with Crippen molar-refractivity contribution >= 4 is 5.57 Å². The lowest BCUT2D eigenvalue weighted by Gasteiger charge is -2.29. The molecule has 2 heteroatoms. The van der Waals surface area contributed by atoms with E-state index < -0.39 is 11.5 Å². The van der Waals surface area contributed by atoms with Gasteiger partial charge in [0.05, 0.1) is 12.7 Å². The van der Waals surface area contributed by atoms with Gasteiger partial charge in [-0.15, -0.1) is 0 Å². The third-order valence-corrected chi connectivity index (χ3v) is 2.62. The molecule has 0 saturated heterocycles. The van der Waals surface area contributed by atoms with Crippen molar-refractivity contribution in [1.29, 1.82) is 0 Å². The van der Waals surface area contributed by atoms with E-state index in [0.29, 0.717) is 5.57 Å². The van der Waals surface area contributed by atoms with Crippen LogP contribution < -0.4 is 0 Å². The number of hydrogen-bond donors (Lipinski definition) is 2. The molecule has 0 bridgehead atoms. The summed E-state index contributed by atoms with van der Waals surface area (Å²) >= 11 is 0. The van der Waals surface area contributed by atoms with Crippen LogP contribution in [0.25, 0.3) is 5.57 Å². The van der Waals surface area contributed by atoms with E-state index >= 15 is 0 Å². The lowest BCUT2D eigenvalue weighted by atomic mass is 9.81. The summed E-state index contributed by atoms with van der Waals surface area (Å²) in [6, 6.07) is 9.52. The van der Waals surface area contributed by atoms with Gasteiger partial charge in [-0.3, -0.25) is 0 Å². The summed E-state index contributed by atoms with van der Waals surface area (Å²) in [5.41, 5.74) is 0.994. The van der Waals surface area contributed by atoms with Gasteiger partial charge in [0.25, 0.3) is 0 Å². The topological polar surface area (TPSA) is 40.5 Å². The SMILES string of the molecule is C=C(c1ccccc1)C(O)C(C)(C)CO. The number of aliphatic hydroxyl groups is 2. The van der Waals surface area contributed by atoms with Crippen molar-refractivity contribution in [3.8, 4) is 0 Å². The van der Waals surface area contributed by atoms with Crippen LogP contribution >= 0.6 is 0 Å². The number of hydrogen-bond acceptors (Lipinski definition) is 2. The van der Waals surface area contributed by atoms with Gasteiger partial charge >= 0.3 is 0 Å². The summed E-state index contributed by atoms with van der Waals surface area (Å²) in [4.78, 5) is 0. The second-order valence-corrected chi connectivity index (χ2v) is 4.44. The zero-order chi connectivity index (χ0) is 11.5. The second kappa shape index (κ2) is 4.60. The van der Waals surface area contributed by atoms with Gasteiger partial charge < -0.3 is 10.2 Å². The van der Waals surface area contributed by atoms with Crippen LogP contribution in [0.15, 0.2) is 36.9 Å². The Hall–Kier alpha value is -1.12. The largest absolute Gasteiger partial charge is 0.396 e. The standard InChI is InChI=1S/C13H18O2/c1-10(11-7-5-4-6-8-11)12(15)13(2,3)9-14/h4-8,12,14-15H,1,9H2,2-3H3. The first kappa shape index (κ1) is 12.0. The molecule has 0 fully saturated rings. The number of benzene rings is 1. The van der Waals surface area contributed by atoms with Crippen LogP contribution in [-0.4, -0.2) is 22.9 Å². The lowest BCUT2D eigenvalue weighted by Crippen LogP contribution is -2.33. The quantitative estimate of drug-likeness (QED) is 0.791. The van der Waals surface area contributed by atoms with Crippen LogP contribution in [0.5, 0.6) is 0 Å². The summed E-state index contributed by atoms with van der Waals surface area (Å²) in [7, 11) is 0. The minimum Gasteiger partial charge on any atom is -0.396 e. The highest BCUT2D eigenvalue weighted by Gasteiger charge is 2.29. The Morgan fingerprint density at radius 1 is 1.33 bits per heavy atom. The van der Waals surface area contributed by atoms with Gasteiger partial charge in [0.1, 0.15) is 0 Å². The molecule has 1 aromatic rings. The minimum absolute atomic E-state index is 0.0694. The molecule has 0 amide bonds.